The van der Waals surface area contributed by atoms with E-state index >= 15 is 0 Å². The number of H-pyrrole nitrogens is 1. The van der Waals surface area contributed by atoms with E-state index in [4.69, 9.17) is 9.26 Å². The van der Waals surface area contributed by atoms with Crippen molar-refractivity contribution in [2.75, 3.05) is 0 Å². The number of aromatic nitrogens is 4. The number of rotatable bonds is 9. The van der Waals surface area contributed by atoms with Crippen LogP contribution in [0.5, 0.6) is 5.75 Å². The van der Waals surface area contributed by atoms with Crippen molar-refractivity contribution in [3.8, 4) is 39.4 Å². The lowest BCUT2D eigenvalue weighted by Gasteiger charge is -2.21. The second-order valence-corrected chi connectivity index (χ2v) is 11.2. The summed E-state index contributed by atoms with van der Waals surface area (Å²) in [6, 6.07) is 21.6. The first-order valence-corrected chi connectivity index (χ1v) is 14.0. The standard InChI is InChI=1S/C33H32F2N4O4/c1-5-9-26-36-28(29(34)35)27(22-13-15-23(16-14-22)42-33(2,3)4)31(40)39(26)19-20-12-17-24(21-10-7-6-8-11-21)25(18-20)30-37-32(41)43-38-30/h6-8,10-18,29H,5,9,19H2,1-4H3,(H,37,38,41). The zero-order chi connectivity index (χ0) is 30.7. The highest BCUT2D eigenvalue weighted by Crippen LogP contribution is 2.32. The highest BCUT2D eigenvalue weighted by molar-refractivity contribution is 5.81. The van der Waals surface area contributed by atoms with Gasteiger partial charge in [-0.15, -0.1) is 0 Å². The van der Waals surface area contributed by atoms with E-state index in [0.717, 1.165) is 11.1 Å². The van der Waals surface area contributed by atoms with Crippen LogP contribution in [0.4, 0.5) is 8.78 Å². The Morgan fingerprint density at radius 1 is 0.953 bits per heavy atom. The molecule has 0 spiro atoms. The number of nitrogens with zero attached hydrogens (tertiary/aromatic N) is 3. The topological polar surface area (TPSA) is 103 Å². The summed E-state index contributed by atoms with van der Waals surface area (Å²) in [4.78, 5) is 32.8. The first-order valence-electron chi connectivity index (χ1n) is 14.0. The van der Waals surface area contributed by atoms with E-state index < -0.39 is 29.0 Å². The number of benzene rings is 3. The van der Waals surface area contributed by atoms with Crippen LogP contribution in [-0.2, 0) is 13.0 Å². The van der Waals surface area contributed by atoms with Crippen LogP contribution in [0.1, 0.15) is 57.6 Å². The third-order valence-electron chi connectivity index (χ3n) is 6.73. The minimum absolute atomic E-state index is 0.0626. The van der Waals surface area contributed by atoms with Gasteiger partial charge < -0.3 is 4.74 Å². The molecule has 0 amide bonds. The lowest BCUT2D eigenvalue weighted by Crippen LogP contribution is -2.29. The van der Waals surface area contributed by atoms with Gasteiger partial charge in [-0.1, -0.05) is 66.7 Å². The van der Waals surface area contributed by atoms with E-state index in [9.17, 15) is 18.4 Å². The van der Waals surface area contributed by atoms with Crippen molar-refractivity contribution in [1.29, 1.82) is 0 Å². The van der Waals surface area contributed by atoms with Crippen molar-refractivity contribution in [3.63, 3.8) is 0 Å². The van der Waals surface area contributed by atoms with Gasteiger partial charge in [0.05, 0.1) is 12.1 Å². The van der Waals surface area contributed by atoms with Crippen molar-refractivity contribution in [1.82, 2.24) is 19.7 Å². The Hall–Kier alpha value is -4.86. The minimum Gasteiger partial charge on any atom is -0.488 e. The van der Waals surface area contributed by atoms with E-state index in [0.29, 0.717) is 35.3 Å². The number of aromatic amines is 1. The number of halogens is 2. The molecule has 43 heavy (non-hydrogen) atoms. The molecule has 8 nitrogen and oxygen atoms in total. The van der Waals surface area contributed by atoms with Crippen LogP contribution >= 0.6 is 0 Å². The molecule has 0 saturated heterocycles. The summed E-state index contributed by atoms with van der Waals surface area (Å²) in [5.41, 5.74) is 1.57. The fraction of sp³-hybridized carbons (Fsp3) is 0.273. The maximum Gasteiger partial charge on any atom is 0.439 e. The molecule has 5 aromatic rings. The number of aryl methyl sites for hydroxylation is 1. The van der Waals surface area contributed by atoms with Gasteiger partial charge in [-0.3, -0.25) is 18.9 Å². The van der Waals surface area contributed by atoms with Crippen LogP contribution in [0.25, 0.3) is 33.6 Å². The Morgan fingerprint density at radius 3 is 2.28 bits per heavy atom. The molecule has 3 aromatic carbocycles. The molecule has 0 bridgehead atoms. The second kappa shape index (κ2) is 12.2. The molecule has 2 heterocycles. The SMILES string of the molecule is CCCc1nc(C(F)F)c(-c2ccc(OC(C)(C)C)cc2)c(=O)n1Cc1ccc(-c2ccccc2)c(-c2noc(=O)[nH]2)c1. The molecular weight excluding hydrogens is 554 g/mol. The average Bonchev–Trinajstić information content (AvgIpc) is 3.41. The molecular formula is C33H32F2N4O4. The van der Waals surface area contributed by atoms with Crippen LogP contribution in [0.3, 0.4) is 0 Å². The van der Waals surface area contributed by atoms with Crippen LogP contribution < -0.4 is 16.1 Å². The first-order chi connectivity index (χ1) is 20.5. The average molecular weight is 587 g/mol. The Morgan fingerprint density at radius 2 is 1.67 bits per heavy atom. The second-order valence-electron chi connectivity index (χ2n) is 11.2. The maximum atomic E-state index is 14.3. The third kappa shape index (κ3) is 6.63. The molecule has 0 aliphatic heterocycles. The number of hydrogen-bond donors (Lipinski definition) is 1. The van der Waals surface area contributed by atoms with Crippen molar-refractivity contribution in [2.24, 2.45) is 0 Å². The molecule has 0 aliphatic rings. The number of ether oxygens (including phenoxy) is 1. The van der Waals surface area contributed by atoms with E-state index in [-0.39, 0.29) is 23.8 Å². The van der Waals surface area contributed by atoms with Gasteiger partial charge in [0.15, 0.2) is 5.82 Å². The number of nitrogens with one attached hydrogen (secondary N) is 1. The summed E-state index contributed by atoms with van der Waals surface area (Å²) in [7, 11) is 0. The van der Waals surface area contributed by atoms with Crippen LogP contribution in [0.15, 0.2) is 86.9 Å². The van der Waals surface area contributed by atoms with E-state index in [1.165, 1.54) is 4.57 Å². The zero-order valence-corrected chi connectivity index (χ0v) is 24.4. The van der Waals surface area contributed by atoms with Crippen LogP contribution in [0, 0.1) is 0 Å². The van der Waals surface area contributed by atoms with Gasteiger partial charge in [-0.25, -0.2) is 18.6 Å². The molecule has 0 unspecified atom stereocenters. The summed E-state index contributed by atoms with van der Waals surface area (Å²) in [6.07, 6.45) is -2.01. The van der Waals surface area contributed by atoms with Crippen molar-refractivity contribution in [2.45, 2.75) is 59.1 Å². The summed E-state index contributed by atoms with van der Waals surface area (Å²) in [6.45, 7) is 7.68. The predicted octanol–water partition coefficient (Wildman–Crippen LogP) is 7.04. The Bertz CT molecular complexity index is 1840. The van der Waals surface area contributed by atoms with Crippen molar-refractivity contribution >= 4 is 0 Å². The van der Waals surface area contributed by atoms with Gasteiger partial charge in [0.2, 0.25) is 0 Å². The molecule has 222 valence electrons. The Labute approximate surface area is 247 Å². The summed E-state index contributed by atoms with van der Waals surface area (Å²) in [5.74, 6) is 0.359. The summed E-state index contributed by atoms with van der Waals surface area (Å²) < 4.78 is 40.8. The Kier molecular flexibility index (Phi) is 8.38. The fourth-order valence-electron chi connectivity index (χ4n) is 4.95. The first kappa shape index (κ1) is 29.6. The molecule has 0 aliphatic carbocycles. The van der Waals surface area contributed by atoms with Gasteiger partial charge in [0.25, 0.3) is 12.0 Å². The molecule has 0 atom stereocenters. The lowest BCUT2D eigenvalue weighted by atomic mass is 9.97. The summed E-state index contributed by atoms with van der Waals surface area (Å²) >= 11 is 0. The number of alkyl halides is 2. The van der Waals surface area contributed by atoms with Gasteiger partial charge in [-0.2, -0.15) is 0 Å². The van der Waals surface area contributed by atoms with E-state index in [1.807, 2.05) is 70.2 Å². The zero-order valence-electron chi connectivity index (χ0n) is 24.4. The Balaban J connectivity index is 1.63. The quantitative estimate of drug-likeness (QED) is 0.199. The van der Waals surface area contributed by atoms with Gasteiger partial charge in [-0.05, 0) is 67.6 Å². The lowest BCUT2D eigenvalue weighted by molar-refractivity contribution is 0.131. The molecule has 0 fully saturated rings. The third-order valence-corrected chi connectivity index (χ3v) is 6.73. The minimum atomic E-state index is -2.95. The highest BCUT2D eigenvalue weighted by Gasteiger charge is 2.25. The summed E-state index contributed by atoms with van der Waals surface area (Å²) in [5, 5.41) is 3.88. The fourth-order valence-corrected chi connectivity index (χ4v) is 4.95. The molecule has 2 aromatic heterocycles. The maximum absolute atomic E-state index is 14.3. The molecule has 5 rings (SSSR count). The van der Waals surface area contributed by atoms with Crippen molar-refractivity contribution < 1.29 is 18.0 Å². The smallest absolute Gasteiger partial charge is 0.439 e. The van der Waals surface area contributed by atoms with E-state index in [1.54, 1.807) is 30.3 Å². The van der Waals surface area contributed by atoms with E-state index in [2.05, 4.69) is 15.1 Å². The van der Waals surface area contributed by atoms with Gasteiger partial charge >= 0.3 is 5.76 Å². The molecule has 10 heteroatoms. The highest BCUT2D eigenvalue weighted by atomic mass is 19.3. The predicted molar refractivity (Wildman–Crippen MR) is 160 cm³/mol. The number of hydrogen-bond acceptors (Lipinski definition) is 6. The molecule has 0 saturated carbocycles. The molecule has 1 N–H and O–H groups in total. The monoisotopic (exact) mass is 586 g/mol. The van der Waals surface area contributed by atoms with Crippen LogP contribution in [-0.4, -0.2) is 25.3 Å². The van der Waals surface area contributed by atoms with Gasteiger partial charge in [0, 0.05) is 12.0 Å². The van der Waals surface area contributed by atoms with Crippen molar-refractivity contribution in [3.05, 3.63) is 111 Å². The van der Waals surface area contributed by atoms with Gasteiger partial charge in [0.1, 0.15) is 22.9 Å². The molecule has 0 radical (unpaired) electrons. The normalized spacial score (nSPS) is 11.7. The van der Waals surface area contributed by atoms with Crippen LogP contribution in [0.2, 0.25) is 0 Å². The largest absolute Gasteiger partial charge is 0.488 e.